The van der Waals surface area contributed by atoms with Crippen LogP contribution in [0.5, 0.6) is 0 Å². The van der Waals surface area contributed by atoms with Gasteiger partial charge in [0, 0.05) is 26.6 Å². The molecule has 1 unspecified atom stereocenters. The fraction of sp³-hybridized carbons (Fsp3) is 0.833. The lowest BCUT2D eigenvalue weighted by molar-refractivity contribution is -0.133. The van der Waals surface area contributed by atoms with Crippen molar-refractivity contribution < 1.29 is 9.59 Å². The van der Waals surface area contributed by atoms with Crippen LogP contribution in [0.25, 0.3) is 0 Å². The number of hydrogen-bond acceptors (Lipinski definition) is 2. The van der Waals surface area contributed by atoms with Gasteiger partial charge in [0.2, 0.25) is 11.8 Å². The Balaban J connectivity index is 2.35. The average Bonchev–Trinajstić information content (AvgIpc) is 2.29. The molecule has 16 heavy (non-hydrogen) atoms. The number of nitrogens with zero attached hydrogens (tertiary/aromatic N) is 1. The van der Waals surface area contributed by atoms with E-state index in [2.05, 4.69) is 12.2 Å². The molecule has 4 heteroatoms. The van der Waals surface area contributed by atoms with Crippen LogP contribution in [0.1, 0.15) is 39.5 Å². The Morgan fingerprint density at radius 3 is 2.81 bits per heavy atom. The SMILES string of the molecule is CCCCNC(=O)C1CCCN(C(C)=O)C1. The number of likely N-dealkylation sites (tertiary alicyclic amines) is 1. The van der Waals surface area contributed by atoms with Crippen molar-refractivity contribution in [1.82, 2.24) is 10.2 Å². The molecule has 1 atom stereocenters. The van der Waals surface area contributed by atoms with E-state index in [1.165, 1.54) is 0 Å². The van der Waals surface area contributed by atoms with E-state index in [9.17, 15) is 9.59 Å². The molecule has 1 heterocycles. The van der Waals surface area contributed by atoms with E-state index in [1.807, 2.05) is 0 Å². The summed E-state index contributed by atoms with van der Waals surface area (Å²) in [6, 6.07) is 0. The van der Waals surface area contributed by atoms with Gasteiger partial charge in [-0.3, -0.25) is 9.59 Å². The number of hydrogen-bond donors (Lipinski definition) is 1. The van der Waals surface area contributed by atoms with Gasteiger partial charge in [-0.2, -0.15) is 0 Å². The van der Waals surface area contributed by atoms with Gasteiger partial charge in [-0.25, -0.2) is 0 Å². The van der Waals surface area contributed by atoms with Gasteiger partial charge >= 0.3 is 0 Å². The lowest BCUT2D eigenvalue weighted by Gasteiger charge is -2.31. The molecule has 0 bridgehead atoms. The molecule has 0 radical (unpaired) electrons. The number of amides is 2. The second-order valence-corrected chi connectivity index (χ2v) is 4.45. The maximum absolute atomic E-state index is 11.8. The standard InChI is InChI=1S/C12H22N2O2/c1-3-4-7-13-12(16)11-6-5-8-14(9-11)10(2)15/h11H,3-9H2,1-2H3,(H,13,16). The topological polar surface area (TPSA) is 49.4 Å². The summed E-state index contributed by atoms with van der Waals surface area (Å²) >= 11 is 0. The Bertz CT molecular complexity index is 253. The Hall–Kier alpha value is -1.06. The van der Waals surface area contributed by atoms with Crippen LogP contribution in [-0.4, -0.2) is 36.3 Å². The van der Waals surface area contributed by atoms with E-state index in [1.54, 1.807) is 11.8 Å². The summed E-state index contributed by atoms with van der Waals surface area (Å²) in [5.41, 5.74) is 0. The third kappa shape index (κ3) is 3.83. The highest BCUT2D eigenvalue weighted by atomic mass is 16.2. The monoisotopic (exact) mass is 226 g/mol. The first kappa shape index (κ1) is 13.0. The lowest BCUT2D eigenvalue weighted by Crippen LogP contribution is -2.44. The summed E-state index contributed by atoms with van der Waals surface area (Å²) in [4.78, 5) is 24.8. The second-order valence-electron chi connectivity index (χ2n) is 4.45. The van der Waals surface area contributed by atoms with Crippen LogP contribution in [0.15, 0.2) is 0 Å². The number of carbonyl (C=O) groups is 2. The summed E-state index contributed by atoms with van der Waals surface area (Å²) < 4.78 is 0. The van der Waals surface area contributed by atoms with Crippen LogP contribution in [0.2, 0.25) is 0 Å². The maximum Gasteiger partial charge on any atom is 0.224 e. The van der Waals surface area contributed by atoms with Gasteiger partial charge in [-0.15, -0.1) is 0 Å². The largest absolute Gasteiger partial charge is 0.356 e. The van der Waals surface area contributed by atoms with Crippen LogP contribution in [0.4, 0.5) is 0 Å². The van der Waals surface area contributed by atoms with Gasteiger partial charge in [0.05, 0.1) is 5.92 Å². The quantitative estimate of drug-likeness (QED) is 0.731. The third-order valence-electron chi connectivity index (χ3n) is 3.07. The van der Waals surface area contributed by atoms with Crippen molar-refractivity contribution in [2.24, 2.45) is 5.92 Å². The smallest absolute Gasteiger partial charge is 0.224 e. The normalized spacial score (nSPS) is 20.6. The highest BCUT2D eigenvalue weighted by molar-refractivity contribution is 5.80. The molecular weight excluding hydrogens is 204 g/mol. The van der Waals surface area contributed by atoms with Crippen molar-refractivity contribution in [3.63, 3.8) is 0 Å². The zero-order chi connectivity index (χ0) is 12.0. The minimum Gasteiger partial charge on any atom is -0.356 e. The number of nitrogens with one attached hydrogen (secondary N) is 1. The molecule has 1 N–H and O–H groups in total. The van der Waals surface area contributed by atoms with Crippen LogP contribution in [-0.2, 0) is 9.59 Å². The summed E-state index contributed by atoms with van der Waals surface area (Å²) in [6.07, 6.45) is 3.95. The van der Waals surface area contributed by atoms with Gasteiger partial charge in [-0.1, -0.05) is 13.3 Å². The predicted molar refractivity (Wildman–Crippen MR) is 62.9 cm³/mol. The van der Waals surface area contributed by atoms with E-state index < -0.39 is 0 Å². The molecule has 0 saturated carbocycles. The summed E-state index contributed by atoms with van der Waals surface area (Å²) in [7, 11) is 0. The van der Waals surface area contributed by atoms with Gasteiger partial charge < -0.3 is 10.2 Å². The third-order valence-corrected chi connectivity index (χ3v) is 3.07. The van der Waals surface area contributed by atoms with Crippen molar-refractivity contribution >= 4 is 11.8 Å². The molecule has 4 nitrogen and oxygen atoms in total. The van der Waals surface area contributed by atoms with Gasteiger partial charge in [0.1, 0.15) is 0 Å². The number of rotatable bonds is 4. The first-order chi connectivity index (χ1) is 7.65. The molecule has 92 valence electrons. The van der Waals surface area contributed by atoms with Crippen LogP contribution >= 0.6 is 0 Å². The summed E-state index contributed by atoms with van der Waals surface area (Å²) in [5, 5.41) is 2.94. The van der Waals surface area contributed by atoms with Crippen molar-refractivity contribution in [3.05, 3.63) is 0 Å². The Morgan fingerprint density at radius 1 is 1.44 bits per heavy atom. The van der Waals surface area contributed by atoms with Gasteiger partial charge in [-0.05, 0) is 19.3 Å². The average molecular weight is 226 g/mol. The first-order valence-electron chi connectivity index (χ1n) is 6.18. The molecule has 1 rings (SSSR count). The Kier molecular flexibility index (Phi) is 5.29. The number of piperidine rings is 1. The Morgan fingerprint density at radius 2 is 2.19 bits per heavy atom. The molecule has 0 aromatic carbocycles. The van der Waals surface area contributed by atoms with Crippen LogP contribution in [0, 0.1) is 5.92 Å². The van der Waals surface area contributed by atoms with Gasteiger partial charge in [0.25, 0.3) is 0 Å². The lowest BCUT2D eigenvalue weighted by atomic mass is 9.97. The van der Waals surface area contributed by atoms with Gasteiger partial charge in [0.15, 0.2) is 0 Å². The minimum absolute atomic E-state index is 0.00509. The molecule has 0 spiro atoms. The van der Waals surface area contributed by atoms with Crippen LogP contribution in [0.3, 0.4) is 0 Å². The van der Waals surface area contributed by atoms with E-state index in [0.717, 1.165) is 38.8 Å². The highest BCUT2D eigenvalue weighted by Crippen LogP contribution is 2.16. The van der Waals surface area contributed by atoms with Crippen molar-refractivity contribution in [1.29, 1.82) is 0 Å². The predicted octanol–water partition coefficient (Wildman–Crippen LogP) is 1.16. The van der Waals surface area contributed by atoms with E-state index >= 15 is 0 Å². The first-order valence-corrected chi connectivity index (χ1v) is 6.18. The summed E-state index contributed by atoms with van der Waals surface area (Å²) in [6.45, 7) is 5.81. The molecule has 2 amide bonds. The van der Waals surface area contributed by atoms with Crippen molar-refractivity contribution in [2.45, 2.75) is 39.5 Å². The molecule has 1 fully saturated rings. The molecule has 1 saturated heterocycles. The molecule has 0 aliphatic carbocycles. The molecule has 1 aliphatic rings. The number of carbonyl (C=O) groups excluding carboxylic acids is 2. The molecule has 0 aromatic rings. The second kappa shape index (κ2) is 6.51. The fourth-order valence-corrected chi connectivity index (χ4v) is 2.01. The maximum atomic E-state index is 11.8. The zero-order valence-corrected chi connectivity index (χ0v) is 10.3. The fourth-order valence-electron chi connectivity index (χ4n) is 2.01. The molecule has 0 aromatic heterocycles. The summed E-state index contributed by atoms with van der Waals surface area (Å²) in [5.74, 6) is 0.181. The van der Waals surface area contributed by atoms with Crippen molar-refractivity contribution in [3.8, 4) is 0 Å². The van der Waals surface area contributed by atoms with E-state index in [4.69, 9.17) is 0 Å². The molecular formula is C12H22N2O2. The van der Waals surface area contributed by atoms with E-state index in [0.29, 0.717) is 6.54 Å². The number of unbranched alkanes of at least 4 members (excludes halogenated alkanes) is 1. The van der Waals surface area contributed by atoms with Crippen molar-refractivity contribution in [2.75, 3.05) is 19.6 Å². The highest BCUT2D eigenvalue weighted by Gasteiger charge is 2.26. The molecule has 1 aliphatic heterocycles. The zero-order valence-electron chi connectivity index (χ0n) is 10.3. The van der Waals surface area contributed by atoms with E-state index in [-0.39, 0.29) is 17.7 Å². The minimum atomic E-state index is -0.00509. The van der Waals surface area contributed by atoms with Crippen LogP contribution < -0.4 is 5.32 Å². The Labute approximate surface area is 97.4 Å².